The largest absolute Gasteiger partial charge is 0.466 e. The molecule has 2 N–H and O–H groups in total. The topological polar surface area (TPSA) is 103 Å². The maximum absolute atomic E-state index is 12.2. The summed E-state index contributed by atoms with van der Waals surface area (Å²) >= 11 is 5.85. The molecule has 0 radical (unpaired) electrons. The Kier molecular flexibility index (Phi) is 6.72. The molecule has 0 spiro atoms. The van der Waals surface area contributed by atoms with Crippen LogP contribution in [0.4, 0.5) is 11.4 Å². The summed E-state index contributed by atoms with van der Waals surface area (Å²) in [6.07, 6.45) is 1.33. The van der Waals surface area contributed by atoms with Crippen LogP contribution in [0.2, 0.25) is 5.02 Å². The Morgan fingerprint density at radius 2 is 2.08 bits per heavy atom. The number of carbonyl (C=O) groups excluding carboxylic acids is 2. The number of piperidine rings is 1. The fourth-order valence-corrected chi connectivity index (χ4v) is 3.06. The zero-order valence-electron chi connectivity index (χ0n) is 13.9. The van der Waals surface area contributed by atoms with E-state index in [-0.39, 0.29) is 35.7 Å². The third kappa shape index (κ3) is 5.40. The fourth-order valence-electron chi connectivity index (χ4n) is 2.89. The highest BCUT2D eigenvalue weighted by Gasteiger charge is 2.29. The van der Waals surface area contributed by atoms with Crippen LogP contribution in [-0.2, 0) is 14.3 Å². The summed E-state index contributed by atoms with van der Waals surface area (Å²) in [7, 11) is 0. The van der Waals surface area contributed by atoms with Gasteiger partial charge in [-0.25, -0.2) is 0 Å². The molecule has 0 aromatic heterocycles. The van der Waals surface area contributed by atoms with Crippen molar-refractivity contribution in [2.24, 2.45) is 5.92 Å². The Balaban J connectivity index is 1.89. The van der Waals surface area contributed by atoms with Gasteiger partial charge in [-0.1, -0.05) is 11.6 Å². The summed E-state index contributed by atoms with van der Waals surface area (Å²) in [5.74, 6) is -0.615. The molecule has 1 heterocycles. The second-order valence-corrected chi connectivity index (χ2v) is 6.36. The number of nitrogens with one attached hydrogen (secondary N) is 2. The Bertz CT molecular complexity index is 659. The van der Waals surface area contributed by atoms with Gasteiger partial charge < -0.3 is 15.0 Å². The highest BCUT2D eigenvalue weighted by molar-refractivity contribution is 6.31. The standard InChI is InChI=1S/C16H20ClN3O5/c1-2-25-16(22)11-5-7-19(8-6-11)10-15(21)18-13-9-12(17)3-4-14(13)20(23)24/h3-4,9,11H,2,5-8,10H2,1H3,(H,18,21)/p+1. The molecular weight excluding hydrogens is 350 g/mol. The Morgan fingerprint density at radius 3 is 2.68 bits per heavy atom. The molecule has 0 aliphatic carbocycles. The van der Waals surface area contributed by atoms with Crippen LogP contribution in [0.1, 0.15) is 19.8 Å². The molecule has 1 aliphatic heterocycles. The van der Waals surface area contributed by atoms with Crippen molar-refractivity contribution in [1.82, 2.24) is 0 Å². The molecule has 136 valence electrons. The molecule has 0 atom stereocenters. The van der Waals surface area contributed by atoms with E-state index in [9.17, 15) is 19.7 Å². The van der Waals surface area contributed by atoms with Gasteiger partial charge in [0.05, 0.1) is 30.5 Å². The van der Waals surface area contributed by atoms with E-state index in [1.807, 2.05) is 0 Å². The third-order valence-corrected chi connectivity index (χ3v) is 4.39. The van der Waals surface area contributed by atoms with Gasteiger partial charge in [-0.15, -0.1) is 0 Å². The molecule has 0 saturated carbocycles. The molecule has 25 heavy (non-hydrogen) atoms. The van der Waals surface area contributed by atoms with Gasteiger partial charge in [0.15, 0.2) is 6.54 Å². The number of benzene rings is 1. The lowest BCUT2D eigenvalue weighted by atomic mass is 9.97. The second kappa shape index (κ2) is 8.77. The molecule has 1 aromatic carbocycles. The fraction of sp³-hybridized carbons (Fsp3) is 0.500. The first-order valence-electron chi connectivity index (χ1n) is 8.14. The van der Waals surface area contributed by atoms with Crippen LogP contribution in [0.5, 0.6) is 0 Å². The van der Waals surface area contributed by atoms with Gasteiger partial charge in [-0.3, -0.25) is 19.7 Å². The minimum Gasteiger partial charge on any atom is -0.466 e. The highest BCUT2D eigenvalue weighted by atomic mass is 35.5. The number of quaternary nitrogens is 1. The second-order valence-electron chi connectivity index (χ2n) is 5.92. The number of nitrogens with zero attached hydrogens (tertiary/aromatic N) is 1. The van der Waals surface area contributed by atoms with E-state index in [1.165, 1.54) is 18.2 Å². The first-order valence-corrected chi connectivity index (χ1v) is 8.52. The number of nitro groups is 1. The SMILES string of the molecule is CCOC(=O)C1CC[NH+](CC(=O)Nc2cc(Cl)ccc2[N+](=O)[O-])CC1. The van der Waals surface area contributed by atoms with Gasteiger partial charge in [-0.05, 0) is 19.1 Å². The molecular formula is C16H21ClN3O5+. The van der Waals surface area contributed by atoms with Gasteiger partial charge in [0.2, 0.25) is 0 Å². The molecule has 9 heteroatoms. The molecule has 1 aromatic rings. The van der Waals surface area contributed by atoms with Crippen LogP contribution in [0.15, 0.2) is 18.2 Å². The number of rotatable bonds is 6. The number of hydrogen-bond donors (Lipinski definition) is 2. The summed E-state index contributed by atoms with van der Waals surface area (Å²) in [4.78, 5) is 35.4. The van der Waals surface area contributed by atoms with Crippen molar-refractivity contribution in [2.45, 2.75) is 19.8 Å². The minimum atomic E-state index is -0.566. The lowest BCUT2D eigenvalue weighted by Crippen LogP contribution is -3.14. The maximum Gasteiger partial charge on any atom is 0.309 e. The Morgan fingerprint density at radius 1 is 1.40 bits per heavy atom. The van der Waals surface area contributed by atoms with Crippen LogP contribution in [0.3, 0.4) is 0 Å². The van der Waals surface area contributed by atoms with E-state index in [1.54, 1.807) is 6.92 Å². The highest BCUT2D eigenvalue weighted by Crippen LogP contribution is 2.27. The van der Waals surface area contributed by atoms with Gasteiger partial charge >= 0.3 is 5.97 Å². The average molecular weight is 371 g/mol. The van der Waals surface area contributed by atoms with Crippen molar-refractivity contribution < 1.29 is 24.1 Å². The summed E-state index contributed by atoms with van der Waals surface area (Å²) in [5.41, 5.74) is -0.114. The first-order chi connectivity index (χ1) is 11.9. The summed E-state index contributed by atoms with van der Waals surface area (Å²) in [6, 6.07) is 4.02. The van der Waals surface area contributed by atoms with Gasteiger partial charge in [0.25, 0.3) is 11.6 Å². The lowest BCUT2D eigenvalue weighted by Gasteiger charge is -2.27. The van der Waals surface area contributed by atoms with Crippen LogP contribution < -0.4 is 10.2 Å². The molecule has 1 aliphatic rings. The number of anilines is 1. The Hall–Kier alpha value is -2.19. The number of nitro benzene ring substituents is 1. The summed E-state index contributed by atoms with van der Waals surface area (Å²) in [6.45, 7) is 3.67. The quantitative estimate of drug-likeness (QED) is 0.442. The predicted molar refractivity (Wildman–Crippen MR) is 91.7 cm³/mol. The van der Waals surface area contributed by atoms with Crippen molar-refractivity contribution >= 4 is 34.9 Å². The first kappa shape index (κ1) is 19.1. The molecule has 0 unspecified atom stereocenters. The molecule has 1 saturated heterocycles. The summed E-state index contributed by atoms with van der Waals surface area (Å²) < 4.78 is 5.02. The number of amides is 1. The smallest absolute Gasteiger partial charge is 0.309 e. The van der Waals surface area contributed by atoms with Crippen molar-refractivity contribution in [2.75, 3.05) is 31.6 Å². The summed E-state index contributed by atoms with van der Waals surface area (Å²) in [5, 5.41) is 13.9. The van der Waals surface area contributed by atoms with E-state index >= 15 is 0 Å². The maximum atomic E-state index is 12.2. The number of ether oxygens (including phenoxy) is 1. The zero-order valence-corrected chi connectivity index (χ0v) is 14.7. The van der Waals surface area contributed by atoms with Crippen LogP contribution in [0.25, 0.3) is 0 Å². The number of esters is 1. The average Bonchev–Trinajstić information content (AvgIpc) is 2.55. The number of likely N-dealkylation sites (tertiary alicyclic amines) is 1. The van der Waals surface area contributed by atoms with E-state index in [4.69, 9.17) is 16.3 Å². The van der Waals surface area contributed by atoms with E-state index in [2.05, 4.69) is 5.32 Å². The molecule has 0 bridgehead atoms. The van der Waals surface area contributed by atoms with Crippen molar-refractivity contribution in [3.05, 3.63) is 33.3 Å². The van der Waals surface area contributed by atoms with E-state index in [0.29, 0.717) is 37.6 Å². The Labute approximate surface area is 150 Å². The van der Waals surface area contributed by atoms with Gasteiger partial charge in [0, 0.05) is 23.9 Å². The zero-order chi connectivity index (χ0) is 18.4. The van der Waals surface area contributed by atoms with E-state index in [0.717, 1.165) is 4.90 Å². The normalized spacial score (nSPS) is 19.9. The minimum absolute atomic E-state index is 0.0864. The monoisotopic (exact) mass is 370 g/mol. The van der Waals surface area contributed by atoms with E-state index < -0.39 is 4.92 Å². The van der Waals surface area contributed by atoms with Crippen LogP contribution in [0, 0.1) is 16.0 Å². The predicted octanol–water partition coefficient (Wildman–Crippen LogP) is 1.04. The van der Waals surface area contributed by atoms with Crippen LogP contribution in [-0.4, -0.2) is 43.0 Å². The molecule has 8 nitrogen and oxygen atoms in total. The van der Waals surface area contributed by atoms with Gasteiger partial charge in [0.1, 0.15) is 5.69 Å². The van der Waals surface area contributed by atoms with Gasteiger partial charge in [-0.2, -0.15) is 0 Å². The van der Waals surface area contributed by atoms with Crippen molar-refractivity contribution in [3.63, 3.8) is 0 Å². The molecule has 1 amide bonds. The molecule has 2 rings (SSSR count). The van der Waals surface area contributed by atoms with Crippen molar-refractivity contribution in [1.29, 1.82) is 0 Å². The number of hydrogen-bond acceptors (Lipinski definition) is 5. The third-order valence-electron chi connectivity index (χ3n) is 4.15. The van der Waals surface area contributed by atoms with Crippen LogP contribution >= 0.6 is 11.6 Å². The number of halogens is 1. The molecule has 1 fully saturated rings. The van der Waals surface area contributed by atoms with Crippen molar-refractivity contribution in [3.8, 4) is 0 Å². The lowest BCUT2D eigenvalue weighted by molar-refractivity contribution is -0.897. The number of carbonyl (C=O) groups is 2.